The molecule has 0 saturated carbocycles. The quantitative estimate of drug-likeness (QED) is 0.0583. The van der Waals surface area contributed by atoms with Gasteiger partial charge in [0.05, 0.1) is 28.7 Å². The molecular formula is C45H47N5O4S. The summed E-state index contributed by atoms with van der Waals surface area (Å²) in [7, 11) is -3.32. The van der Waals surface area contributed by atoms with Crippen LogP contribution < -0.4 is 14.9 Å². The number of Topliss-reactive ketones (excluding diaryl/α,β-unsaturated/α-hetero) is 1. The van der Waals surface area contributed by atoms with E-state index in [4.69, 9.17) is 4.99 Å². The Bertz CT molecular complexity index is 2420. The van der Waals surface area contributed by atoms with Gasteiger partial charge in [0, 0.05) is 42.1 Å². The first-order chi connectivity index (χ1) is 26.6. The number of fused-ring (bicyclic) bond motifs is 1. The Labute approximate surface area is 323 Å². The molecule has 55 heavy (non-hydrogen) atoms. The van der Waals surface area contributed by atoms with Gasteiger partial charge in [-0.25, -0.2) is 18.1 Å². The molecule has 282 valence electrons. The molecule has 0 spiro atoms. The van der Waals surface area contributed by atoms with E-state index in [0.29, 0.717) is 41.1 Å². The molecule has 1 heterocycles. The first-order valence-corrected chi connectivity index (χ1v) is 20.5. The number of nitrogens with zero attached hydrogens (tertiary/aromatic N) is 3. The number of likely N-dealkylation sites (N-methyl/N-ethyl adjacent to an activating group) is 1. The second-order valence-electron chi connectivity index (χ2n) is 13.5. The Hall–Kier alpha value is -5.84. The first-order valence-electron chi connectivity index (χ1n) is 18.7. The van der Waals surface area contributed by atoms with E-state index < -0.39 is 21.7 Å². The summed E-state index contributed by atoms with van der Waals surface area (Å²) in [6, 6.07) is 40.7. The van der Waals surface area contributed by atoms with Crippen LogP contribution in [0.3, 0.4) is 0 Å². The molecule has 0 unspecified atom stereocenters. The number of carbonyl (C=O) groups is 2. The Morgan fingerprint density at radius 2 is 1.49 bits per heavy atom. The molecule has 2 N–H and O–H groups in total. The van der Waals surface area contributed by atoms with Crippen molar-refractivity contribution in [3.63, 3.8) is 0 Å². The summed E-state index contributed by atoms with van der Waals surface area (Å²) in [5.41, 5.74) is 7.13. The minimum Gasteiger partial charge on any atom is -0.370 e. The van der Waals surface area contributed by atoms with Gasteiger partial charge in [0.25, 0.3) is 5.91 Å². The van der Waals surface area contributed by atoms with Gasteiger partial charge in [-0.3, -0.25) is 9.59 Å². The van der Waals surface area contributed by atoms with Crippen molar-refractivity contribution in [1.29, 1.82) is 0 Å². The number of sulfonamides is 1. The summed E-state index contributed by atoms with van der Waals surface area (Å²) in [4.78, 5) is 36.6. The number of hydrogen-bond acceptors (Lipinski definition) is 6. The van der Waals surface area contributed by atoms with Gasteiger partial charge in [-0.1, -0.05) is 92.2 Å². The van der Waals surface area contributed by atoms with Crippen LogP contribution in [-0.4, -0.2) is 56.3 Å². The zero-order valence-electron chi connectivity index (χ0n) is 31.7. The first kappa shape index (κ1) is 38.9. The number of amides is 1. The van der Waals surface area contributed by atoms with Gasteiger partial charge in [-0.05, 0) is 91.9 Å². The Balaban J connectivity index is 1.48. The zero-order valence-corrected chi connectivity index (χ0v) is 32.6. The van der Waals surface area contributed by atoms with Crippen LogP contribution in [0.15, 0.2) is 132 Å². The van der Waals surface area contributed by atoms with Crippen molar-refractivity contribution in [3.05, 3.63) is 144 Å². The molecule has 1 amide bonds. The van der Waals surface area contributed by atoms with E-state index in [9.17, 15) is 13.2 Å². The summed E-state index contributed by atoms with van der Waals surface area (Å²) in [6.45, 7) is 7.39. The van der Waals surface area contributed by atoms with Crippen molar-refractivity contribution in [1.82, 2.24) is 9.29 Å². The molecule has 0 aliphatic rings. The van der Waals surface area contributed by atoms with E-state index in [1.54, 1.807) is 6.07 Å². The van der Waals surface area contributed by atoms with Gasteiger partial charge < -0.3 is 14.8 Å². The third-order valence-electron chi connectivity index (χ3n) is 9.53. The predicted molar refractivity (Wildman–Crippen MR) is 226 cm³/mol. The molecule has 0 bridgehead atoms. The number of benzene rings is 5. The fourth-order valence-electron chi connectivity index (χ4n) is 6.75. The Kier molecular flexibility index (Phi) is 12.4. The third kappa shape index (κ3) is 9.28. The number of rotatable bonds is 16. The summed E-state index contributed by atoms with van der Waals surface area (Å²) < 4.78 is 27.9. The molecule has 9 nitrogen and oxygen atoms in total. The zero-order chi connectivity index (χ0) is 39.0. The molecule has 10 heteroatoms. The lowest BCUT2D eigenvalue weighted by atomic mass is 9.98. The van der Waals surface area contributed by atoms with Crippen LogP contribution in [0.5, 0.6) is 0 Å². The van der Waals surface area contributed by atoms with Gasteiger partial charge in [0.15, 0.2) is 5.71 Å². The molecule has 0 aliphatic heterocycles. The summed E-state index contributed by atoms with van der Waals surface area (Å²) in [6.07, 6.45) is 4.25. The van der Waals surface area contributed by atoms with E-state index in [1.807, 2.05) is 140 Å². The van der Waals surface area contributed by atoms with Crippen molar-refractivity contribution in [2.24, 2.45) is 4.99 Å². The maximum Gasteiger partial charge on any atom is 0.278 e. The van der Waals surface area contributed by atoms with E-state index in [0.717, 1.165) is 53.5 Å². The lowest BCUT2D eigenvalue weighted by molar-refractivity contribution is -0.110. The molecule has 5 aromatic carbocycles. The fourth-order valence-corrected chi connectivity index (χ4v) is 7.21. The highest BCUT2D eigenvalue weighted by Crippen LogP contribution is 2.37. The highest BCUT2D eigenvalue weighted by molar-refractivity contribution is 7.88. The van der Waals surface area contributed by atoms with E-state index in [2.05, 4.69) is 21.5 Å². The lowest BCUT2D eigenvalue weighted by Crippen LogP contribution is -2.34. The number of anilines is 2. The highest BCUT2D eigenvalue weighted by Gasteiger charge is 2.31. The largest absolute Gasteiger partial charge is 0.370 e. The maximum absolute atomic E-state index is 15.3. The minimum absolute atomic E-state index is 0.247. The standard InChI is InChI=1S/C45H47N5O4S/c1-5-7-16-33-23-25-35(26-24-33)47-45(52)42(48-39-28-27-37(31-32(39)3)49(6-2)30-29-46-55(4,53)54)44(51)41-38-21-14-15-22-40(38)50(36-19-12-9-13-20-36)43(41)34-17-10-8-11-18-34/h8-15,17-28,31,46H,5-7,16,29-30H2,1-4H3,(H,47,52). The van der Waals surface area contributed by atoms with Gasteiger partial charge >= 0.3 is 0 Å². The predicted octanol–water partition coefficient (Wildman–Crippen LogP) is 8.92. The number of carbonyl (C=O) groups excluding carboxylic acids is 2. The van der Waals surface area contributed by atoms with E-state index >= 15 is 4.79 Å². The number of aliphatic imine (C=N–C) groups is 1. The van der Waals surface area contributed by atoms with Gasteiger partial charge in [-0.2, -0.15) is 0 Å². The molecule has 0 fully saturated rings. The molecule has 0 atom stereocenters. The van der Waals surface area contributed by atoms with E-state index in [-0.39, 0.29) is 12.3 Å². The molecule has 0 aliphatic carbocycles. The third-order valence-corrected chi connectivity index (χ3v) is 10.3. The molecule has 0 saturated heterocycles. The van der Waals surface area contributed by atoms with Crippen LogP contribution in [0.1, 0.15) is 48.2 Å². The second-order valence-corrected chi connectivity index (χ2v) is 15.4. The van der Waals surface area contributed by atoms with Crippen LogP contribution >= 0.6 is 0 Å². The number of aryl methyl sites for hydroxylation is 2. The average molecular weight is 754 g/mol. The topological polar surface area (TPSA) is 113 Å². The van der Waals surface area contributed by atoms with Gasteiger partial charge in [0.1, 0.15) is 0 Å². The maximum atomic E-state index is 15.3. The normalized spacial score (nSPS) is 11.8. The molecular weight excluding hydrogens is 707 g/mol. The number of aromatic nitrogens is 1. The molecule has 1 aromatic heterocycles. The van der Waals surface area contributed by atoms with Crippen LogP contribution in [0.25, 0.3) is 27.8 Å². The van der Waals surface area contributed by atoms with Crippen molar-refractivity contribution < 1.29 is 18.0 Å². The van der Waals surface area contributed by atoms with Crippen molar-refractivity contribution in [2.45, 2.75) is 40.0 Å². The molecule has 0 radical (unpaired) electrons. The van der Waals surface area contributed by atoms with E-state index in [1.165, 1.54) is 5.56 Å². The number of para-hydroxylation sites is 2. The van der Waals surface area contributed by atoms with Crippen LogP contribution in [0.2, 0.25) is 0 Å². The van der Waals surface area contributed by atoms with Crippen molar-refractivity contribution in [2.75, 3.05) is 36.1 Å². The lowest BCUT2D eigenvalue weighted by Gasteiger charge is -2.24. The monoisotopic (exact) mass is 753 g/mol. The molecule has 6 aromatic rings. The van der Waals surface area contributed by atoms with Gasteiger partial charge in [0.2, 0.25) is 15.8 Å². The number of unbranched alkanes of at least 4 members (excludes halogenated alkanes) is 1. The molecule has 6 rings (SSSR count). The van der Waals surface area contributed by atoms with Crippen LogP contribution in [0.4, 0.5) is 17.1 Å². The number of hydrogen-bond donors (Lipinski definition) is 2. The summed E-state index contributed by atoms with van der Waals surface area (Å²) >= 11 is 0. The number of nitrogens with one attached hydrogen (secondary N) is 2. The minimum atomic E-state index is -3.32. The second kappa shape index (κ2) is 17.5. The Morgan fingerprint density at radius 1 is 0.818 bits per heavy atom. The van der Waals surface area contributed by atoms with Crippen LogP contribution in [0, 0.1) is 6.92 Å². The Morgan fingerprint density at radius 3 is 2.15 bits per heavy atom. The number of ketones is 1. The van der Waals surface area contributed by atoms with Crippen LogP contribution in [-0.2, 0) is 21.2 Å². The van der Waals surface area contributed by atoms with Crippen molar-refractivity contribution in [3.8, 4) is 16.9 Å². The summed E-state index contributed by atoms with van der Waals surface area (Å²) in [5, 5.41) is 3.67. The smallest absolute Gasteiger partial charge is 0.278 e. The SMILES string of the molecule is CCCCc1ccc(NC(=O)C(=Nc2ccc(N(CC)CCNS(C)(=O)=O)cc2C)C(=O)c2c(-c3ccccc3)n(-c3ccccc3)c3ccccc23)cc1. The van der Waals surface area contributed by atoms with Crippen molar-refractivity contribution >= 4 is 55.4 Å². The summed E-state index contributed by atoms with van der Waals surface area (Å²) in [5.74, 6) is -1.13. The van der Waals surface area contributed by atoms with Gasteiger partial charge in [-0.15, -0.1) is 0 Å². The fraction of sp³-hybridized carbons (Fsp3) is 0.222. The highest BCUT2D eigenvalue weighted by atomic mass is 32.2. The average Bonchev–Trinajstić information content (AvgIpc) is 3.54.